The molecule has 1 aromatic rings. The lowest BCUT2D eigenvalue weighted by Crippen LogP contribution is -2.44. The van der Waals surface area contributed by atoms with Gasteiger partial charge in [-0.25, -0.2) is 4.39 Å². The highest BCUT2D eigenvalue weighted by molar-refractivity contribution is 5.66. The number of nitriles is 1. The van der Waals surface area contributed by atoms with E-state index in [0.717, 1.165) is 24.4 Å². The van der Waals surface area contributed by atoms with E-state index in [0.29, 0.717) is 0 Å². The minimum absolute atomic E-state index is 0.117. The Hall–Kier alpha value is -1.86. The summed E-state index contributed by atoms with van der Waals surface area (Å²) in [4.78, 5) is 2.12. The fraction of sp³-hybridized carbons (Fsp3) is 0.400. The van der Waals surface area contributed by atoms with E-state index >= 15 is 0 Å². The molecule has 1 aromatic carbocycles. The van der Waals surface area contributed by atoms with Crippen LogP contribution in [0.4, 0.5) is 4.39 Å². The van der Waals surface area contributed by atoms with E-state index in [2.05, 4.69) is 11.0 Å². The number of rotatable bonds is 2. The van der Waals surface area contributed by atoms with Gasteiger partial charge >= 0.3 is 0 Å². The number of benzene rings is 1. The highest BCUT2D eigenvalue weighted by Gasteiger charge is 2.24. The van der Waals surface area contributed by atoms with Gasteiger partial charge in [0.25, 0.3) is 0 Å². The molecule has 0 aromatic heterocycles. The maximum absolute atomic E-state index is 13.0. The average Bonchev–Trinajstić information content (AvgIpc) is 2.36. The molecule has 1 aliphatic heterocycles. The molecule has 0 spiro atoms. The molecule has 0 radical (unpaired) electrons. The van der Waals surface area contributed by atoms with Gasteiger partial charge in [-0.3, -0.25) is 0 Å². The maximum Gasteiger partial charge on any atom is 0.123 e. The van der Waals surface area contributed by atoms with Gasteiger partial charge in [-0.15, -0.1) is 0 Å². The van der Waals surface area contributed by atoms with Crippen LogP contribution in [0, 0.1) is 17.1 Å². The molecule has 4 heteroatoms. The third-order valence-corrected chi connectivity index (χ3v) is 3.10. The standard InChI is InChI=1S/C15H17FN2O/c1-11-9-18(10-12(2)19-11)15(7-8-17)13-3-5-14(16)6-4-13/h3-7,11-12H,9-10H2,1-2H3/b15-7-/t11-,12-/m1/s1. The number of morpholine rings is 1. The molecule has 0 N–H and O–H groups in total. The zero-order chi connectivity index (χ0) is 13.8. The number of hydrogen-bond acceptors (Lipinski definition) is 3. The summed E-state index contributed by atoms with van der Waals surface area (Å²) >= 11 is 0. The number of allylic oxidation sites excluding steroid dienone is 1. The molecule has 1 saturated heterocycles. The van der Waals surface area contributed by atoms with Gasteiger partial charge in [0.2, 0.25) is 0 Å². The van der Waals surface area contributed by atoms with Crippen LogP contribution in [0.15, 0.2) is 30.3 Å². The first-order chi connectivity index (χ1) is 9.10. The second-order valence-corrected chi connectivity index (χ2v) is 4.83. The largest absolute Gasteiger partial charge is 0.372 e. The number of nitrogens with zero attached hydrogens (tertiary/aromatic N) is 2. The highest BCUT2D eigenvalue weighted by Crippen LogP contribution is 2.24. The zero-order valence-corrected chi connectivity index (χ0v) is 11.1. The molecule has 0 unspecified atom stereocenters. The molecule has 0 aliphatic carbocycles. The summed E-state index contributed by atoms with van der Waals surface area (Å²) in [6.45, 7) is 5.49. The van der Waals surface area contributed by atoms with Crippen molar-refractivity contribution in [2.45, 2.75) is 26.1 Å². The molecule has 1 fully saturated rings. The summed E-state index contributed by atoms with van der Waals surface area (Å²) in [6.07, 6.45) is 1.75. The summed E-state index contributed by atoms with van der Waals surface area (Å²) < 4.78 is 18.7. The molecule has 1 aliphatic rings. The first-order valence-electron chi connectivity index (χ1n) is 6.36. The lowest BCUT2D eigenvalue weighted by Gasteiger charge is -2.38. The topological polar surface area (TPSA) is 36.3 Å². The predicted molar refractivity (Wildman–Crippen MR) is 71.6 cm³/mol. The van der Waals surface area contributed by atoms with Gasteiger partial charge in [-0.2, -0.15) is 5.26 Å². The van der Waals surface area contributed by atoms with Crippen molar-refractivity contribution in [3.63, 3.8) is 0 Å². The van der Waals surface area contributed by atoms with Crippen LogP contribution in [-0.4, -0.2) is 30.2 Å². The van der Waals surface area contributed by atoms with Crippen molar-refractivity contribution in [3.8, 4) is 6.07 Å². The monoisotopic (exact) mass is 260 g/mol. The van der Waals surface area contributed by atoms with Gasteiger partial charge in [-0.1, -0.05) is 0 Å². The van der Waals surface area contributed by atoms with Crippen LogP contribution >= 0.6 is 0 Å². The molecule has 2 rings (SSSR count). The Labute approximate surface area is 112 Å². The molecule has 0 saturated carbocycles. The Morgan fingerprint density at radius 1 is 1.32 bits per heavy atom. The fourth-order valence-electron chi connectivity index (χ4n) is 2.41. The first kappa shape index (κ1) is 13.6. The van der Waals surface area contributed by atoms with E-state index < -0.39 is 0 Å². The molecular weight excluding hydrogens is 243 g/mol. The van der Waals surface area contributed by atoms with E-state index in [1.165, 1.54) is 18.2 Å². The Bertz CT molecular complexity index is 494. The van der Waals surface area contributed by atoms with Crippen molar-refractivity contribution < 1.29 is 9.13 Å². The molecule has 3 nitrogen and oxygen atoms in total. The molecular formula is C15H17FN2O. The van der Waals surface area contributed by atoms with Crippen LogP contribution in [-0.2, 0) is 4.74 Å². The second kappa shape index (κ2) is 5.85. The molecule has 0 bridgehead atoms. The van der Waals surface area contributed by atoms with E-state index in [4.69, 9.17) is 10.00 Å². The van der Waals surface area contributed by atoms with Crippen LogP contribution < -0.4 is 0 Å². The van der Waals surface area contributed by atoms with Gasteiger partial charge < -0.3 is 9.64 Å². The minimum atomic E-state index is -0.274. The Balaban J connectivity index is 2.28. The molecule has 100 valence electrons. The van der Waals surface area contributed by atoms with Crippen molar-refractivity contribution in [3.05, 3.63) is 41.7 Å². The predicted octanol–water partition coefficient (Wildman–Crippen LogP) is 2.80. The minimum Gasteiger partial charge on any atom is -0.372 e. The van der Waals surface area contributed by atoms with E-state index in [1.807, 2.05) is 13.8 Å². The lowest BCUT2D eigenvalue weighted by atomic mass is 10.1. The second-order valence-electron chi connectivity index (χ2n) is 4.83. The Morgan fingerprint density at radius 3 is 2.42 bits per heavy atom. The number of halogens is 1. The van der Waals surface area contributed by atoms with Crippen molar-refractivity contribution >= 4 is 5.70 Å². The van der Waals surface area contributed by atoms with Crippen LogP contribution in [0.1, 0.15) is 19.4 Å². The zero-order valence-electron chi connectivity index (χ0n) is 11.1. The third-order valence-electron chi connectivity index (χ3n) is 3.10. The summed E-state index contributed by atoms with van der Waals surface area (Å²) in [5, 5.41) is 8.96. The van der Waals surface area contributed by atoms with Crippen molar-refractivity contribution in [2.75, 3.05) is 13.1 Å². The van der Waals surface area contributed by atoms with Crippen LogP contribution in [0.2, 0.25) is 0 Å². The van der Waals surface area contributed by atoms with Crippen LogP contribution in [0.3, 0.4) is 0 Å². The third kappa shape index (κ3) is 3.33. The quantitative estimate of drug-likeness (QED) is 0.767. The molecule has 1 heterocycles. The van der Waals surface area contributed by atoms with Gasteiger partial charge in [0, 0.05) is 19.2 Å². The summed E-state index contributed by atoms with van der Waals surface area (Å²) in [7, 11) is 0. The van der Waals surface area contributed by atoms with Gasteiger partial charge in [0.15, 0.2) is 0 Å². The maximum atomic E-state index is 13.0. The smallest absolute Gasteiger partial charge is 0.123 e. The fourth-order valence-corrected chi connectivity index (χ4v) is 2.41. The summed E-state index contributed by atoms with van der Waals surface area (Å²) in [5.41, 5.74) is 1.67. The van der Waals surface area contributed by atoms with Crippen molar-refractivity contribution in [1.82, 2.24) is 4.90 Å². The lowest BCUT2D eigenvalue weighted by molar-refractivity contribution is -0.0508. The van der Waals surface area contributed by atoms with Crippen LogP contribution in [0.5, 0.6) is 0 Å². The number of hydrogen-bond donors (Lipinski definition) is 0. The molecule has 0 amide bonds. The highest BCUT2D eigenvalue weighted by atomic mass is 19.1. The first-order valence-corrected chi connectivity index (χ1v) is 6.36. The summed E-state index contributed by atoms with van der Waals surface area (Å²) in [5.74, 6) is -0.274. The Kier molecular flexibility index (Phi) is 4.18. The van der Waals surface area contributed by atoms with Gasteiger partial charge in [0.1, 0.15) is 5.82 Å². The average molecular weight is 260 g/mol. The molecule has 19 heavy (non-hydrogen) atoms. The van der Waals surface area contributed by atoms with Crippen LogP contribution in [0.25, 0.3) is 5.70 Å². The Morgan fingerprint density at radius 2 is 1.89 bits per heavy atom. The van der Waals surface area contributed by atoms with Crippen molar-refractivity contribution in [1.29, 1.82) is 5.26 Å². The SMILES string of the molecule is C[C@@H]1CN(/C(=C\C#N)c2ccc(F)cc2)C[C@@H](C)O1. The van der Waals surface area contributed by atoms with Gasteiger partial charge in [-0.05, 0) is 43.7 Å². The van der Waals surface area contributed by atoms with Crippen molar-refractivity contribution in [2.24, 2.45) is 0 Å². The normalized spacial score (nSPS) is 24.1. The van der Waals surface area contributed by atoms with E-state index in [1.54, 1.807) is 12.1 Å². The van der Waals surface area contributed by atoms with Gasteiger partial charge in [0.05, 0.1) is 24.0 Å². The summed E-state index contributed by atoms with van der Waals surface area (Å²) in [6, 6.07) is 8.29. The number of ether oxygens (including phenoxy) is 1. The van der Waals surface area contributed by atoms with E-state index in [9.17, 15) is 4.39 Å². The molecule has 2 atom stereocenters. The van der Waals surface area contributed by atoms with E-state index in [-0.39, 0.29) is 18.0 Å².